The van der Waals surface area contributed by atoms with Gasteiger partial charge in [0.05, 0.1) is 24.6 Å². The second-order valence-corrected chi connectivity index (χ2v) is 8.49. The molecule has 0 bridgehead atoms. The van der Waals surface area contributed by atoms with Gasteiger partial charge in [0.2, 0.25) is 15.9 Å². The number of hydrogen-bond donors (Lipinski definition) is 1. The molecule has 0 heterocycles. The largest absolute Gasteiger partial charge is 0.494 e. The summed E-state index contributed by atoms with van der Waals surface area (Å²) in [5.41, 5.74) is 2.61. The molecular formula is C21H28N2O4S. The lowest BCUT2D eigenvalue weighted by molar-refractivity contribution is -0.120. The summed E-state index contributed by atoms with van der Waals surface area (Å²) in [6.07, 6.45) is 2.04. The highest BCUT2D eigenvalue weighted by Gasteiger charge is 2.22. The van der Waals surface area contributed by atoms with Crippen molar-refractivity contribution >= 4 is 21.6 Å². The van der Waals surface area contributed by atoms with E-state index in [1.807, 2.05) is 38.1 Å². The predicted octanol–water partition coefficient (Wildman–Crippen LogP) is 3.29. The van der Waals surface area contributed by atoms with Crippen LogP contribution in [0.15, 0.2) is 48.5 Å². The molecule has 1 N–H and O–H groups in total. The number of sulfonamides is 1. The third-order valence-electron chi connectivity index (χ3n) is 4.39. The molecule has 2 aromatic carbocycles. The molecular weight excluding hydrogens is 376 g/mol. The van der Waals surface area contributed by atoms with Crippen LogP contribution >= 0.6 is 0 Å². The number of aryl methyl sites for hydroxylation is 1. The first-order valence-electron chi connectivity index (χ1n) is 9.33. The number of hydrogen-bond acceptors (Lipinski definition) is 4. The van der Waals surface area contributed by atoms with Gasteiger partial charge in [-0.15, -0.1) is 0 Å². The van der Waals surface area contributed by atoms with Crippen molar-refractivity contribution in [3.05, 3.63) is 59.7 Å². The fourth-order valence-electron chi connectivity index (χ4n) is 2.82. The van der Waals surface area contributed by atoms with E-state index in [1.165, 1.54) is 5.56 Å². The quantitative estimate of drug-likeness (QED) is 0.696. The van der Waals surface area contributed by atoms with Crippen molar-refractivity contribution in [3.8, 4) is 5.75 Å². The van der Waals surface area contributed by atoms with Crippen molar-refractivity contribution in [2.45, 2.75) is 33.2 Å². The van der Waals surface area contributed by atoms with Gasteiger partial charge < -0.3 is 10.1 Å². The number of carbonyl (C=O) groups excluding carboxylic acids is 1. The first-order valence-corrected chi connectivity index (χ1v) is 11.2. The Kier molecular flexibility index (Phi) is 7.45. The summed E-state index contributed by atoms with van der Waals surface area (Å²) in [6.45, 7) is 6.07. The lowest BCUT2D eigenvalue weighted by atomic mass is 10.1. The molecule has 0 saturated carbocycles. The zero-order valence-corrected chi connectivity index (χ0v) is 17.6. The van der Waals surface area contributed by atoms with E-state index < -0.39 is 10.0 Å². The van der Waals surface area contributed by atoms with Crippen molar-refractivity contribution in [3.63, 3.8) is 0 Å². The maximum absolute atomic E-state index is 12.5. The van der Waals surface area contributed by atoms with Crippen molar-refractivity contribution in [1.29, 1.82) is 0 Å². The summed E-state index contributed by atoms with van der Waals surface area (Å²) >= 11 is 0. The Hall–Kier alpha value is -2.54. The second-order valence-electron chi connectivity index (χ2n) is 6.58. The van der Waals surface area contributed by atoms with Crippen LogP contribution in [0.1, 0.15) is 37.9 Å². The fourth-order valence-corrected chi connectivity index (χ4v) is 3.67. The molecule has 0 spiro atoms. The third kappa shape index (κ3) is 5.99. The van der Waals surface area contributed by atoms with E-state index in [1.54, 1.807) is 24.3 Å². The molecule has 0 aliphatic carbocycles. The molecule has 0 aliphatic rings. The lowest BCUT2D eigenvalue weighted by Gasteiger charge is -2.23. The van der Waals surface area contributed by atoms with Crippen molar-refractivity contribution < 1.29 is 17.9 Å². The summed E-state index contributed by atoms with van der Waals surface area (Å²) in [4.78, 5) is 12.5. The van der Waals surface area contributed by atoms with Gasteiger partial charge in [-0.3, -0.25) is 9.10 Å². The number of carbonyl (C=O) groups is 1. The Bertz CT molecular complexity index is 878. The summed E-state index contributed by atoms with van der Waals surface area (Å²) in [5, 5.41) is 2.87. The maximum Gasteiger partial charge on any atom is 0.241 e. The molecule has 7 heteroatoms. The molecule has 1 atom stereocenters. The van der Waals surface area contributed by atoms with Crippen LogP contribution in [-0.2, 0) is 21.2 Å². The van der Waals surface area contributed by atoms with Crippen LogP contribution in [0.5, 0.6) is 5.75 Å². The molecule has 152 valence electrons. The highest BCUT2D eigenvalue weighted by molar-refractivity contribution is 7.92. The van der Waals surface area contributed by atoms with Crippen LogP contribution in [-0.4, -0.2) is 33.7 Å². The zero-order chi connectivity index (χ0) is 20.7. The minimum atomic E-state index is -3.62. The third-order valence-corrected chi connectivity index (χ3v) is 5.53. The zero-order valence-electron chi connectivity index (χ0n) is 16.8. The highest BCUT2D eigenvalue weighted by atomic mass is 32.2. The molecule has 2 aromatic rings. The van der Waals surface area contributed by atoms with Crippen molar-refractivity contribution in [1.82, 2.24) is 5.32 Å². The molecule has 2 rings (SSSR count). The van der Waals surface area contributed by atoms with Gasteiger partial charge in [-0.05, 0) is 55.7 Å². The molecule has 0 saturated heterocycles. The Labute approximate surface area is 167 Å². The predicted molar refractivity (Wildman–Crippen MR) is 112 cm³/mol. The van der Waals surface area contributed by atoms with E-state index in [2.05, 4.69) is 12.2 Å². The van der Waals surface area contributed by atoms with Gasteiger partial charge in [-0.1, -0.05) is 31.2 Å². The van der Waals surface area contributed by atoms with Gasteiger partial charge in [-0.2, -0.15) is 0 Å². The van der Waals surface area contributed by atoms with Gasteiger partial charge in [0, 0.05) is 0 Å². The minimum absolute atomic E-state index is 0.222. The van der Waals surface area contributed by atoms with E-state index in [4.69, 9.17) is 4.74 Å². The molecule has 0 fully saturated rings. The molecule has 0 radical (unpaired) electrons. The summed E-state index contributed by atoms with van der Waals surface area (Å²) < 4.78 is 30.9. The Morgan fingerprint density at radius 1 is 1.07 bits per heavy atom. The number of ether oxygens (including phenoxy) is 1. The fraction of sp³-hybridized carbons (Fsp3) is 0.381. The molecule has 0 aliphatic heterocycles. The van der Waals surface area contributed by atoms with E-state index in [9.17, 15) is 13.2 Å². The number of amides is 1. The summed E-state index contributed by atoms with van der Waals surface area (Å²) in [6, 6.07) is 14.4. The van der Waals surface area contributed by atoms with Crippen LogP contribution in [0.3, 0.4) is 0 Å². The molecule has 0 unspecified atom stereocenters. The van der Waals surface area contributed by atoms with Crippen LogP contribution in [0.2, 0.25) is 0 Å². The number of benzene rings is 2. The van der Waals surface area contributed by atoms with Gasteiger partial charge in [0.1, 0.15) is 12.3 Å². The van der Waals surface area contributed by atoms with Crippen molar-refractivity contribution in [2.75, 3.05) is 23.7 Å². The number of anilines is 1. The molecule has 28 heavy (non-hydrogen) atoms. The van der Waals surface area contributed by atoms with E-state index in [0.29, 0.717) is 18.0 Å². The number of nitrogens with one attached hydrogen (secondary N) is 1. The SMILES string of the molecule is CCOc1ccc(N(CC(=O)N[C@H](C)c2ccc(CC)cc2)S(C)(=O)=O)cc1. The average molecular weight is 405 g/mol. The second kappa shape index (κ2) is 9.59. The van der Waals surface area contributed by atoms with E-state index in [0.717, 1.165) is 22.5 Å². The maximum atomic E-state index is 12.5. The minimum Gasteiger partial charge on any atom is -0.494 e. The molecule has 6 nitrogen and oxygen atoms in total. The Morgan fingerprint density at radius 2 is 1.68 bits per heavy atom. The normalized spacial score (nSPS) is 12.3. The highest BCUT2D eigenvalue weighted by Crippen LogP contribution is 2.22. The van der Waals surface area contributed by atoms with Gasteiger partial charge in [0.25, 0.3) is 0 Å². The summed E-state index contributed by atoms with van der Waals surface area (Å²) in [5.74, 6) is 0.277. The van der Waals surface area contributed by atoms with Gasteiger partial charge >= 0.3 is 0 Å². The van der Waals surface area contributed by atoms with Crippen LogP contribution in [0.25, 0.3) is 0 Å². The summed E-state index contributed by atoms with van der Waals surface area (Å²) in [7, 11) is -3.62. The smallest absolute Gasteiger partial charge is 0.241 e. The Balaban J connectivity index is 2.10. The first kappa shape index (κ1) is 21.8. The number of nitrogens with zero attached hydrogens (tertiary/aromatic N) is 1. The van der Waals surface area contributed by atoms with Crippen LogP contribution in [0, 0.1) is 0 Å². The van der Waals surface area contributed by atoms with Gasteiger partial charge in [-0.25, -0.2) is 8.42 Å². The topological polar surface area (TPSA) is 75.7 Å². The first-order chi connectivity index (χ1) is 13.2. The Morgan fingerprint density at radius 3 is 2.18 bits per heavy atom. The molecule has 1 amide bonds. The van der Waals surface area contributed by atoms with Crippen molar-refractivity contribution in [2.24, 2.45) is 0 Å². The number of rotatable bonds is 9. The van der Waals surface area contributed by atoms with Crippen LogP contribution < -0.4 is 14.4 Å². The van der Waals surface area contributed by atoms with E-state index >= 15 is 0 Å². The lowest BCUT2D eigenvalue weighted by Crippen LogP contribution is -2.41. The average Bonchev–Trinajstić information content (AvgIpc) is 2.66. The van der Waals surface area contributed by atoms with Crippen LogP contribution in [0.4, 0.5) is 5.69 Å². The standard InChI is InChI=1S/C21H28N2O4S/c1-5-17-7-9-18(10-8-17)16(3)22-21(24)15-23(28(4,25)26)19-11-13-20(14-12-19)27-6-2/h7-14,16H,5-6,15H2,1-4H3,(H,22,24)/t16-/m1/s1. The molecule has 0 aromatic heterocycles. The van der Waals surface area contributed by atoms with Gasteiger partial charge in [0.15, 0.2) is 0 Å². The van der Waals surface area contributed by atoms with E-state index in [-0.39, 0.29) is 18.5 Å². The monoisotopic (exact) mass is 404 g/mol.